The highest BCUT2D eigenvalue weighted by molar-refractivity contribution is 7.21. The van der Waals surface area contributed by atoms with Crippen LogP contribution in [0.3, 0.4) is 0 Å². The SMILES string of the molecule is OCC1CCCN(c2ncnc3sc(-c4ccccc4)cc23)C1. The average molecular weight is 325 g/mol. The minimum atomic E-state index is 0.254. The van der Waals surface area contributed by atoms with E-state index in [-0.39, 0.29) is 6.61 Å². The molecule has 3 aromatic rings. The summed E-state index contributed by atoms with van der Waals surface area (Å²) in [4.78, 5) is 13.5. The number of aliphatic hydroxyl groups excluding tert-OH is 1. The third-order valence-electron chi connectivity index (χ3n) is 4.44. The molecule has 0 amide bonds. The molecular weight excluding hydrogens is 306 g/mol. The third-order valence-corrected chi connectivity index (χ3v) is 5.54. The molecular formula is C18H19N3OS. The number of hydrogen-bond acceptors (Lipinski definition) is 5. The van der Waals surface area contributed by atoms with Crippen LogP contribution >= 0.6 is 11.3 Å². The fraction of sp³-hybridized carbons (Fsp3) is 0.333. The van der Waals surface area contributed by atoms with Gasteiger partial charge in [0.25, 0.3) is 0 Å². The molecule has 0 saturated carbocycles. The molecule has 1 saturated heterocycles. The van der Waals surface area contributed by atoms with Crippen LogP contribution in [0.4, 0.5) is 5.82 Å². The molecule has 1 fully saturated rings. The summed E-state index contributed by atoms with van der Waals surface area (Å²) in [6.45, 7) is 2.13. The molecule has 1 aliphatic rings. The number of benzene rings is 1. The Morgan fingerprint density at radius 3 is 2.91 bits per heavy atom. The fourth-order valence-electron chi connectivity index (χ4n) is 3.25. The fourth-order valence-corrected chi connectivity index (χ4v) is 4.25. The molecule has 23 heavy (non-hydrogen) atoms. The van der Waals surface area contributed by atoms with Crippen LogP contribution in [0.15, 0.2) is 42.7 Å². The van der Waals surface area contributed by atoms with Gasteiger partial charge >= 0.3 is 0 Å². The topological polar surface area (TPSA) is 49.2 Å². The second-order valence-corrected chi connectivity index (χ2v) is 7.06. The van der Waals surface area contributed by atoms with Crippen LogP contribution in [0.25, 0.3) is 20.7 Å². The van der Waals surface area contributed by atoms with Crippen molar-refractivity contribution in [3.63, 3.8) is 0 Å². The standard InChI is InChI=1S/C18H19N3OS/c22-11-13-5-4-8-21(10-13)17-15-9-16(14-6-2-1-3-7-14)23-18(15)20-12-19-17/h1-3,6-7,9,12-13,22H,4-5,8,10-11H2. The van der Waals surface area contributed by atoms with Crippen LogP contribution in [0, 0.1) is 5.92 Å². The van der Waals surface area contributed by atoms with E-state index < -0.39 is 0 Å². The summed E-state index contributed by atoms with van der Waals surface area (Å²) in [6, 6.07) is 12.6. The van der Waals surface area contributed by atoms with Crippen LogP contribution in [0.2, 0.25) is 0 Å². The lowest BCUT2D eigenvalue weighted by Gasteiger charge is -2.32. The Hall–Kier alpha value is -1.98. The van der Waals surface area contributed by atoms with Gasteiger partial charge in [-0.2, -0.15) is 0 Å². The second-order valence-electron chi connectivity index (χ2n) is 6.03. The normalized spacial score (nSPS) is 18.5. The lowest BCUT2D eigenvalue weighted by molar-refractivity contribution is 0.208. The summed E-state index contributed by atoms with van der Waals surface area (Å²) >= 11 is 1.71. The maximum absolute atomic E-state index is 9.46. The molecule has 2 aromatic heterocycles. The molecule has 4 rings (SSSR count). The Balaban J connectivity index is 1.74. The number of anilines is 1. The first-order valence-electron chi connectivity index (χ1n) is 8.01. The van der Waals surface area contributed by atoms with Crippen LogP contribution in [0.1, 0.15) is 12.8 Å². The summed E-state index contributed by atoms with van der Waals surface area (Å²) in [5.74, 6) is 1.35. The van der Waals surface area contributed by atoms with Crippen molar-refractivity contribution in [1.82, 2.24) is 9.97 Å². The molecule has 0 radical (unpaired) electrons. The number of thiophene rings is 1. The highest BCUT2D eigenvalue weighted by Crippen LogP contribution is 2.36. The van der Waals surface area contributed by atoms with Gasteiger partial charge in [-0.25, -0.2) is 9.97 Å². The van der Waals surface area contributed by atoms with Gasteiger partial charge in [-0.3, -0.25) is 0 Å². The summed E-state index contributed by atoms with van der Waals surface area (Å²) in [5.41, 5.74) is 1.22. The smallest absolute Gasteiger partial charge is 0.140 e. The highest BCUT2D eigenvalue weighted by atomic mass is 32.1. The molecule has 1 aromatic carbocycles. The van der Waals surface area contributed by atoms with Crippen molar-refractivity contribution in [1.29, 1.82) is 0 Å². The zero-order valence-electron chi connectivity index (χ0n) is 12.9. The lowest BCUT2D eigenvalue weighted by atomic mass is 9.99. The molecule has 1 atom stereocenters. The van der Waals surface area contributed by atoms with Gasteiger partial charge in [0, 0.05) is 24.6 Å². The van der Waals surface area contributed by atoms with Crippen LogP contribution in [-0.2, 0) is 0 Å². The van der Waals surface area contributed by atoms with Crippen molar-refractivity contribution in [2.75, 3.05) is 24.6 Å². The van der Waals surface area contributed by atoms with Gasteiger partial charge in [-0.05, 0) is 30.4 Å². The zero-order valence-corrected chi connectivity index (χ0v) is 13.7. The number of hydrogen-bond donors (Lipinski definition) is 1. The van der Waals surface area contributed by atoms with Crippen molar-refractivity contribution in [3.8, 4) is 10.4 Å². The van der Waals surface area contributed by atoms with Gasteiger partial charge in [0.1, 0.15) is 17.0 Å². The van der Waals surface area contributed by atoms with Gasteiger partial charge < -0.3 is 10.0 Å². The van der Waals surface area contributed by atoms with Crippen molar-refractivity contribution < 1.29 is 5.11 Å². The Kier molecular flexibility index (Phi) is 3.97. The number of aromatic nitrogens is 2. The Labute approximate surface area is 139 Å². The predicted octanol–water partition coefficient (Wildman–Crippen LogP) is 3.57. The molecule has 1 aliphatic heterocycles. The van der Waals surface area contributed by atoms with Gasteiger partial charge in [0.15, 0.2) is 0 Å². The third kappa shape index (κ3) is 2.82. The molecule has 0 aliphatic carbocycles. The first-order valence-corrected chi connectivity index (χ1v) is 8.82. The van der Waals surface area contributed by atoms with Crippen LogP contribution < -0.4 is 4.90 Å². The lowest BCUT2D eigenvalue weighted by Crippen LogP contribution is -2.37. The van der Waals surface area contributed by atoms with Gasteiger partial charge in [-0.1, -0.05) is 30.3 Å². The number of aliphatic hydroxyl groups is 1. The zero-order chi connectivity index (χ0) is 15.6. The van der Waals surface area contributed by atoms with Crippen LogP contribution in [-0.4, -0.2) is 34.8 Å². The molecule has 1 unspecified atom stereocenters. The summed E-state index contributed by atoms with van der Waals surface area (Å²) < 4.78 is 0. The van der Waals surface area contributed by atoms with Gasteiger partial charge in [0.05, 0.1) is 5.39 Å². The maximum Gasteiger partial charge on any atom is 0.140 e. The van der Waals surface area contributed by atoms with Crippen molar-refractivity contribution >= 4 is 27.4 Å². The van der Waals surface area contributed by atoms with E-state index in [0.29, 0.717) is 5.92 Å². The highest BCUT2D eigenvalue weighted by Gasteiger charge is 2.22. The van der Waals surface area contributed by atoms with Gasteiger partial charge in [0.2, 0.25) is 0 Å². The summed E-state index contributed by atoms with van der Waals surface area (Å²) in [7, 11) is 0. The second kappa shape index (κ2) is 6.26. The minimum absolute atomic E-state index is 0.254. The van der Waals surface area contributed by atoms with E-state index in [2.05, 4.69) is 45.2 Å². The number of piperidine rings is 1. The molecule has 5 heteroatoms. The van der Waals surface area contributed by atoms with E-state index in [1.54, 1.807) is 17.7 Å². The Morgan fingerprint density at radius 2 is 2.09 bits per heavy atom. The van der Waals surface area contributed by atoms with E-state index in [0.717, 1.165) is 42.0 Å². The van der Waals surface area contributed by atoms with Gasteiger partial charge in [-0.15, -0.1) is 11.3 Å². The maximum atomic E-state index is 9.46. The van der Waals surface area contributed by atoms with E-state index in [1.165, 1.54) is 10.4 Å². The number of nitrogens with zero attached hydrogens (tertiary/aromatic N) is 3. The molecule has 0 spiro atoms. The molecule has 4 nitrogen and oxygen atoms in total. The van der Waals surface area contributed by atoms with E-state index in [1.807, 2.05) is 6.07 Å². The van der Waals surface area contributed by atoms with Crippen molar-refractivity contribution in [2.24, 2.45) is 5.92 Å². The molecule has 3 heterocycles. The monoisotopic (exact) mass is 325 g/mol. The van der Waals surface area contributed by atoms with E-state index in [4.69, 9.17) is 0 Å². The minimum Gasteiger partial charge on any atom is -0.396 e. The first kappa shape index (κ1) is 14.6. The summed E-state index contributed by atoms with van der Waals surface area (Å²) in [6.07, 6.45) is 3.86. The molecule has 118 valence electrons. The predicted molar refractivity (Wildman–Crippen MR) is 94.9 cm³/mol. The number of fused-ring (bicyclic) bond motifs is 1. The first-order chi connectivity index (χ1) is 11.3. The van der Waals surface area contributed by atoms with E-state index >= 15 is 0 Å². The van der Waals surface area contributed by atoms with E-state index in [9.17, 15) is 5.11 Å². The van der Waals surface area contributed by atoms with Crippen molar-refractivity contribution in [2.45, 2.75) is 12.8 Å². The quantitative estimate of drug-likeness (QED) is 0.800. The summed E-state index contributed by atoms with van der Waals surface area (Å²) in [5, 5.41) is 10.6. The molecule has 1 N–H and O–H groups in total. The van der Waals surface area contributed by atoms with Crippen molar-refractivity contribution in [3.05, 3.63) is 42.7 Å². The Bertz CT molecular complexity index is 802. The largest absolute Gasteiger partial charge is 0.396 e. The Morgan fingerprint density at radius 1 is 1.22 bits per heavy atom. The molecule has 0 bridgehead atoms. The van der Waals surface area contributed by atoms with Crippen LogP contribution in [0.5, 0.6) is 0 Å². The average Bonchev–Trinajstić information content (AvgIpc) is 3.07. The number of rotatable bonds is 3.